The molecule has 2 aromatic carbocycles. The van der Waals surface area contributed by atoms with E-state index in [0.717, 1.165) is 23.5 Å². The molecule has 19 heavy (non-hydrogen) atoms. The zero-order valence-corrected chi connectivity index (χ0v) is 11.7. The number of para-hydroxylation sites is 1. The van der Waals surface area contributed by atoms with Crippen LogP contribution in [0.1, 0.15) is 12.5 Å². The lowest BCUT2D eigenvalue weighted by molar-refractivity contribution is 0.594. The third-order valence-electron chi connectivity index (χ3n) is 3.46. The maximum atomic E-state index is 12.7. The third kappa shape index (κ3) is 1.67. The largest absolute Gasteiger partial charge is 0.340 e. The van der Waals surface area contributed by atoms with Crippen molar-refractivity contribution >= 4 is 21.2 Å². The molecule has 1 heterocycles. The van der Waals surface area contributed by atoms with Crippen LogP contribution in [0, 0.1) is 6.92 Å². The lowest BCUT2D eigenvalue weighted by Crippen LogP contribution is -2.25. The maximum Gasteiger partial charge on any atom is 0.210 e. The lowest BCUT2D eigenvalue weighted by atomic mass is 10.2. The molecule has 0 saturated heterocycles. The topological polar surface area (TPSA) is 37.4 Å². The number of nitrogens with zero attached hydrogens (tertiary/aromatic N) is 1. The summed E-state index contributed by atoms with van der Waals surface area (Å²) >= 11 is 0. The molecule has 2 aromatic rings. The second kappa shape index (κ2) is 4.10. The molecule has 1 aliphatic rings. The minimum atomic E-state index is -3.41. The number of benzene rings is 2. The van der Waals surface area contributed by atoms with E-state index in [2.05, 4.69) is 0 Å². The minimum absolute atomic E-state index is 0.398. The SMILES string of the molecule is CCN1c2ccccc2S(=O)(=O)c2cc(C)ccc21. The Labute approximate surface area is 113 Å². The van der Waals surface area contributed by atoms with Crippen LogP contribution in [0.2, 0.25) is 0 Å². The van der Waals surface area contributed by atoms with Crippen LogP contribution in [0.15, 0.2) is 52.3 Å². The third-order valence-corrected chi connectivity index (χ3v) is 5.29. The molecule has 3 nitrogen and oxygen atoms in total. The molecule has 4 heteroatoms. The van der Waals surface area contributed by atoms with Crippen molar-refractivity contribution in [2.45, 2.75) is 23.6 Å². The monoisotopic (exact) mass is 273 g/mol. The molecule has 0 unspecified atom stereocenters. The Morgan fingerprint density at radius 3 is 2.42 bits per heavy atom. The van der Waals surface area contributed by atoms with Gasteiger partial charge in [-0.15, -0.1) is 0 Å². The average molecular weight is 273 g/mol. The van der Waals surface area contributed by atoms with E-state index in [-0.39, 0.29) is 0 Å². The summed E-state index contributed by atoms with van der Waals surface area (Å²) in [7, 11) is -3.41. The van der Waals surface area contributed by atoms with E-state index in [1.54, 1.807) is 18.2 Å². The highest BCUT2D eigenvalue weighted by atomic mass is 32.2. The van der Waals surface area contributed by atoms with Crippen LogP contribution >= 0.6 is 0 Å². The van der Waals surface area contributed by atoms with Gasteiger partial charge in [-0.2, -0.15) is 0 Å². The van der Waals surface area contributed by atoms with Crippen molar-refractivity contribution in [2.75, 3.05) is 11.4 Å². The van der Waals surface area contributed by atoms with Crippen LogP contribution < -0.4 is 4.90 Å². The van der Waals surface area contributed by atoms with E-state index in [4.69, 9.17) is 0 Å². The molecule has 0 amide bonds. The van der Waals surface area contributed by atoms with Crippen molar-refractivity contribution in [1.82, 2.24) is 0 Å². The molecule has 0 radical (unpaired) electrons. The summed E-state index contributed by atoms with van der Waals surface area (Å²) in [6.45, 7) is 4.67. The first-order valence-corrected chi connectivity index (χ1v) is 7.76. The molecule has 0 N–H and O–H groups in total. The van der Waals surface area contributed by atoms with Gasteiger partial charge in [-0.05, 0) is 43.7 Å². The number of rotatable bonds is 1. The van der Waals surface area contributed by atoms with Crippen molar-refractivity contribution < 1.29 is 8.42 Å². The molecular formula is C15H15NO2S. The number of hydrogen-bond acceptors (Lipinski definition) is 3. The second-order valence-electron chi connectivity index (χ2n) is 4.69. The summed E-state index contributed by atoms with van der Waals surface area (Å²) in [5.74, 6) is 0. The highest BCUT2D eigenvalue weighted by Gasteiger charge is 2.33. The summed E-state index contributed by atoms with van der Waals surface area (Å²) < 4.78 is 25.4. The minimum Gasteiger partial charge on any atom is -0.340 e. The Bertz CT molecular complexity index is 750. The van der Waals surface area contributed by atoms with Gasteiger partial charge in [0, 0.05) is 6.54 Å². The smallest absolute Gasteiger partial charge is 0.210 e. The quantitative estimate of drug-likeness (QED) is 0.800. The first-order valence-electron chi connectivity index (χ1n) is 6.28. The molecule has 98 valence electrons. The molecule has 0 bridgehead atoms. The summed E-state index contributed by atoms with van der Waals surface area (Å²) in [5, 5.41) is 0. The zero-order chi connectivity index (χ0) is 13.6. The van der Waals surface area contributed by atoms with Crippen LogP contribution in [0.4, 0.5) is 11.4 Å². The fraction of sp³-hybridized carbons (Fsp3) is 0.200. The Balaban J connectivity index is 2.40. The molecule has 0 saturated carbocycles. The predicted molar refractivity (Wildman–Crippen MR) is 75.8 cm³/mol. The molecule has 3 rings (SSSR count). The first-order chi connectivity index (χ1) is 9.05. The number of fused-ring (bicyclic) bond motifs is 2. The van der Waals surface area contributed by atoms with Crippen molar-refractivity contribution in [3.05, 3.63) is 48.0 Å². The van der Waals surface area contributed by atoms with Crippen LogP contribution in [0.5, 0.6) is 0 Å². The van der Waals surface area contributed by atoms with E-state index in [0.29, 0.717) is 9.79 Å². The van der Waals surface area contributed by atoms with Crippen LogP contribution in [0.25, 0.3) is 0 Å². The number of aryl methyl sites for hydroxylation is 1. The van der Waals surface area contributed by atoms with Crippen molar-refractivity contribution in [2.24, 2.45) is 0 Å². The second-order valence-corrected chi connectivity index (χ2v) is 6.57. The van der Waals surface area contributed by atoms with E-state index < -0.39 is 9.84 Å². The molecule has 0 aromatic heterocycles. The number of anilines is 2. The van der Waals surface area contributed by atoms with Crippen LogP contribution in [0.3, 0.4) is 0 Å². The van der Waals surface area contributed by atoms with E-state index in [1.807, 2.05) is 43.0 Å². The van der Waals surface area contributed by atoms with Crippen LogP contribution in [-0.4, -0.2) is 15.0 Å². The number of sulfone groups is 1. The van der Waals surface area contributed by atoms with Crippen molar-refractivity contribution in [1.29, 1.82) is 0 Å². The molecule has 0 atom stereocenters. The van der Waals surface area contributed by atoms with Gasteiger partial charge in [-0.3, -0.25) is 0 Å². The fourth-order valence-electron chi connectivity index (χ4n) is 2.56. The lowest BCUT2D eigenvalue weighted by Gasteiger charge is -2.32. The van der Waals surface area contributed by atoms with Crippen molar-refractivity contribution in [3.63, 3.8) is 0 Å². The molecule has 0 fully saturated rings. The number of hydrogen-bond donors (Lipinski definition) is 0. The normalized spacial score (nSPS) is 15.8. The average Bonchev–Trinajstić information content (AvgIpc) is 2.40. The van der Waals surface area contributed by atoms with Gasteiger partial charge in [-0.25, -0.2) is 8.42 Å². The molecular weight excluding hydrogens is 258 g/mol. The van der Waals surface area contributed by atoms with Crippen molar-refractivity contribution in [3.8, 4) is 0 Å². The van der Waals surface area contributed by atoms with E-state index in [1.165, 1.54) is 0 Å². The van der Waals surface area contributed by atoms with Gasteiger partial charge in [0.2, 0.25) is 9.84 Å². The maximum absolute atomic E-state index is 12.7. The first kappa shape index (κ1) is 12.2. The van der Waals surface area contributed by atoms with Gasteiger partial charge < -0.3 is 4.90 Å². The van der Waals surface area contributed by atoms with Gasteiger partial charge in [0.15, 0.2) is 0 Å². The molecule has 0 aliphatic carbocycles. The molecule has 1 aliphatic heterocycles. The van der Waals surface area contributed by atoms with Gasteiger partial charge in [0.05, 0.1) is 21.2 Å². The highest BCUT2D eigenvalue weighted by Crippen LogP contribution is 2.43. The highest BCUT2D eigenvalue weighted by molar-refractivity contribution is 7.92. The Kier molecular flexibility index (Phi) is 2.64. The summed E-state index contributed by atoms with van der Waals surface area (Å²) in [5.41, 5.74) is 2.49. The Morgan fingerprint density at radius 2 is 1.68 bits per heavy atom. The summed E-state index contributed by atoms with van der Waals surface area (Å²) in [4.78, 5) is 2.86. The summed E-state index contributed by atoms with van der Waals surface area (Å²) in [6.07, 6.45) is 0. The predicted octanol–water partition coefficient (Wildman–Crippen LogP) is 3.30. The van der Waals surface area contributed by atoms with Gasteiger partial charge in [0.25, 0.3) is 0 Å². The summed E-state index contributed by atoms with van der Waals surface area (Å²) in [6, 6.07) is 12.8. The van der Waals surface area contributed by atoms with E-state index in [9.17, 15) is 8.42 Å². The Morgan fingerprint density at radius 1 is 1.00 bits per heavy atom. The van der Waals surface area contributed by atoms with Gasteiger partial charge in [0.1, 0.15) is 0 Å². The zero-order valence-electron chi connectivity index (χ0n) is 10.9. The van der Waals surface area contributed by atoms with E-state index >= 15 is 0 Å². The fourth-order valence-corrected chi connectivity index (χ4v) is 4.30. The Hall–Kier alpha value is -1.81. The standard InChI is InChI=1S/C15H15NO2S/c1-3-16-12-6-4-5-7-14(12)19(17,18)15-10-11(2)8-9-13(15)16/h4-10H,3H2,1-2H3. The van der Waals surface area contributed by atoms with Crippen LogP contribution in [-0.2, 0) is 9.84 Å². The molecule has 0 spiro atoms. The van der Waals surface area contributed by atoms with Gasteiger partial charge >= 0.3 is 0 Å². The van der Waals surface area contributed by atoms with Gasteiger partial charge in [-0.1, -0.05) is 18.2 Å².